The Kier molecular flexibility index (Phi) is 5.74. The summed E-state index contributed by atoms with van der Waals surface area (Å²) in [5.41, 5.74) is 1.69. The second-order valence-corrected chi connectivity index (χ2v) is 6.03. The highest BCUT2D eigenvalue weighted by Crippen LogP contribution is 2.11. The van der Waals surface area contributed by atoms with Gasteiger partial charge in [-0.15, -0.1) is 16.8 Å². The van der Waals surface area contributed by atoms with Crippen LogP contribution in [0.5, 0.6) is 0 Å². The Hall–Kier alpha value is -2.73. The number of carbonyl (C=O) groups excluding carboxylic acids is 1. The van der Waals surface area contributed by atoms with Gasteiger partial charge in [0, 0.05) is 39.3 Å². The molecule has 1 aromatic carbocycles. The van der Waals surface area contributed by atoms with Gasteiger partial charge in [0.25, 0.3) is 5.91 Å². The number of amides is 1. The summed E-state index contributed by atoms with van der Waals surface area (Å²) in [7, 11) is 0. The summed E-state index contributed by atoms with van der Waals surface area (Å²) in [6.45, 7) is 8.34. The zero-order valence-electron chi connectivity index (χ0n) is 14.3. The Bertz CT molecular complexity index is 694. The van der Waals surface area contributed by atoms with E-state index in [0.717, 1.165) is 19.6 Å². The number of piperazine rings is 1. The predicted molar refractivity (Wildman–Crippen MR) is 98.3 cm³/mol. The van der Waals surface area contributed by atoms with E-state index in [0.29, 0.717) is 31.1 Å². The second-order valence-electron chi connectivity index (χ2n) is 6.03. The second kappa shape index (κ2) is 8.39. The van der Waals surface area contributed by atoms with Crippen molar-refractivity contribution in [3.8, 4) is 0 Å². The molecule has 130 valence electrons. The van der Waals surface area contributed by atoms with Gasteiger partial charge in [-0.3, -0.25) is 9.69 Å². The standard InChI is InChI=1S/C19H23N5O/c1-2-10-20-18-9-8-17(21-22-18)19(25)24-13-11-23(12-14-24)15-16-6-4-3-5-7-16/h2-9H,1,10-15H2,(H,20,22). The summed E-state index contributed by atoms with van der Waals surface area (Å²) < 4.78 is 0. The fourth-order valence-corrected chi connectivity index (χ4v) is 2.83. The van der Waals surface area contributed by atoms with Crippen molar-refractivity contribution in [2.75, 3.05) is 38.0 Å². The van der Waals surface area contributed by atoms with E-state index in [1.54, 1.807) is 18.2 Å². The third kappa shape index (κ3) is 4.64. The average Bonchev–Trinajstić information content (AvgIpc) is 2.68. The van der Waals surface area contributed by atoms with Crippen LogP contribution in [-0.4, -0.2) is 58.6 Å². The van der Waals surface area contributed by atoms with Crippen molar-refractivity contribution >= 4 is 11.7 Å². The molecule has 25 heavy (non-hydrogen) atoms. The van der Waals surface area contributed by atoms with Crippen molar-refractivity contribution in [3.63, 3.8) is 0 Å². The molecule has 1 aliphatic rings. The van der Waals surface area contributed by atoms with Crippen LogP contribution >= 0.6 is 0 Å². The van der Waals surface area contributed by atoms with Crippen LogP contribution in [0.25, 0.3) is 0 Å². The van der Waals surface area contributed by atoms with Crippen LogP contribution in [-0.2, 0) is 6.54 Å². The first kappa shape index (κ1) is 17.1. The van der Waals surface area contributed by atoms with Crippen LogP contribution in [0.15, 0.2) is 55.1 Å². The van der Waals surface area contributed by atoms with Crippen LogP contribution in [0, 0.1) is 0 Å². The zero-order valence-corrected chi connectivity index (χ0v) is 14.3. The Balaban J connectivity index is 1.51. The molecular weight excluding hydrogens is 314 g/mol. The number of carbonyl (C=O) groups is 1. The summed E-state index contributed by atoms with van der Waals surface area (Å²) >= 11 is 0. The summed E-state index contributed by atoms with van der Waals surface area (Å²) in [6.07, 6.45) is 1.75. The number of hydrogen-bond donors (Lipinski definition) is 1. The largest absolute Gasteiger partial charge is 0.365 e. The number of nitrogens with zero attached hydrogens (tertiary/aromatic N) is 4. The van der Waals surface area contributed by atoms with Crippen molar-refractivity contribution < 1.29 is 4.79 Å². The van der Waals surface area contributed by atoms with Crippen LogP contribution in [0.1, 0.15) is 16.1 Å². The molecule has 1 N–H and O–H groups in total. The van der Waals surface area contributed by atoms with E-state index in [-0.39, 0.29) is 5.91 Å². The van der Waals surface area contributed by atoms with Gasteiger partial charge in [0.1, 0.15) is 5.82 Å². The summed E-state index contributed by atoms with van der Waals surface area (Å²) in [5, 5.41) is 11.1. The molecule has 3 rings (SSSR count). The Morgan fingerprint density at radius 2 is 1.84 bits per heavy atom. The minimum atomic E-state index is -0.0536. The zero-order chi connectivity index (χ0) is 17.5. The first-order valence-electron chi connectivity index (χ1n) is 8.50. The van der Waals surface area contributed by atoms with Crippen molar-refractivity contribution in [3.05, 3.63) is 66.4 Å². The summed E-state index contributed by atoms with van der Waals surface area (Å²) in [5.74, 6) is 0.589. The van der Waals surface area contributed by atoms with E-state index >= 15 is 0 Å². The molecule has 1 fully saturated rings. The number of nitrogens with one attached hydrogen (secondary N) is 1. The first-order chi connectivity index (χ1) is 12.3. The molecule has 1 amide bonds. The molecule has 0 unspecified atom stereocenters. The van der Waals surface area contributed by atoms with E-state index in [2.05, 4.69) is 51.3 Å². The fraction of sp³-hybridized carbons (Fsp3) is 0.316. The molecule has 1 aromatic heterocycles. The maximum absolute atomic E-state index is 12.6. The van der Waals surface area contributed by atoms with Gasteiger partial charge in [0.05, 0.1) is 0 Å². The Morgan fingerprint density at radius 3 is 2.48 bits per heavy atom. The lowest BCUT2D eigenvalue weighted by atomic mass is 10.2. The number of hydrogen-bond acceptors (Lipinski definition) is 5. The number of benzene rings is 1. The fourth-order valence-electron chi connectivity index (χ4n) is 2.83. The smallest absolute Gasteiger partial charge is 0.274 e. The highest BCUT2D eigenvalue weighted by molar-refractivity contribution is 5.92. The molecule has 1 saturated heterocycles. The van der Waals surface area contributed by atoms with Crippen LogP contribution in [0.3, 0.4) is 0 Å². The molecule has 1 aliphatic heterocycles. The topological polar surface area (TPSA) is 61.4 Å². The van der Waals surface area contributed by atoms with E-state index in [1.165, 1.54) is 5.56 Å². The quantitative estimate of drug-likeness (QED) is 0.817. The van der Waals surface area contributed by atoms with Gasteiger partial charge in [-0.2, -0.15) is 0 Å². The monoisotopic (exact) mass is 337 g/mol. The molecule has 0 atom stereocenters. The lowest BCUT2D eigenvalue weighted by Gasteiger charge is -2.34. The van der Waals surface area contributed by atoms with Gasteiger partial charge < -0.3 is 10.2 Å². The van der Waals surface area contributed by atoms with Crippen molar-refractivity contribution in [1.29, 1.82) is 0 Å². The van der Waals surface area contributed by atoms with E-state index in [4.69, 9.17) is 0 Å². The molecule has 2 heterocycles. The molecule has 0 spiro atoms. The van der Waals surface area contributed by atoms with Crippen LogP contribution < -0.4 is 5.32 Å². The van der Waals surface area contributed by atoms with Gasteiger partial charge in [-0.25, -0.2) is 0 Å². The molecule has 6 heteroatoms. The van der Waals surface area contributed by atoms with Gasteiger partial charge in [-0.1, -0.05) is 36.4 Å². The molecule has 2 aromatic rings. The molecule has 0 radical (unpaired) electrons. The van der Waals surface area contributed by atoms with Crippen LogP contribution in [0.4, 0.5) is 5.82 Å². The van der Waals surface area contributed by atoms with Gasteiger partial charge in [0.15, 0.2) is 5.69 Å². The number of anilines is 1. The summed E-state index contributed by atoms with van der Waals surface area (Å²) in [4.78, 5) is 16.8. The van der Waals surface area contributed by atoms with Gasteiger partial charge in [0.2, 0.25) is 0 Å². The third-order valence-electron chi connectivity index (χ3n) is 4.22. The maximum atomic E-state index is 12.6. The summed E-state index contributed by atoms with van der Waals surface area (Å²) in [6, 6.07) is 13.9. The van der Waals surface area contributed by atoms with Crippen molar-refractivity contribution in [2.45, 2.75) is 6.54 Å². The molecule has 0 aliphatic carbocycles. The number of aromatic nitrogens is 2. The lowest BCUT2D eigenvalue weighted by molar-refractivity contribution is 0.0621. The Morgan fingerprint density at radius 1 is 1.08 bits per heavy atom. The lowest BCUT2D eigenvalue weighted by Crippen LogP contribution is -2.48. The van der Waals surface area contributed by atoms with Crippen LogP contribution in [0.2, 0.25) is 0 Å². The van der Waals surface area contributed by atoms with Crippen molar-refractivity contribution in [1.82, 2.24) is 20.0 Å². The normalized spacial score (nSPS) is 15.0. The van der Waals surface area contributed by atoms with Crippen molar-refractivity contribution in [2.24, 2.45) is 0 Å². The highest BCUT2D eigenvalue weighted by atomic mass is 16.2. The van der Waals surface area contributed by atoms with E-state index in [9.17, 15) is 4.79 Å². The third-order valence-corrected chi connectivity index (χ3v) is 4.22. The van der Waals surface area contributed by atoms with E-state index < -0.39 is 0 Å². The van der Waals surface area contributed by atoms with Gasteiger partial charge in [-0.05, 0) is 17.7 Å². The SMILES string of the molecule is C=CCNc1ccc(C(=O)N2CCN(Cc3ccccc3)CC2)nn1. The first-order valence-corrected chi connectivity index (χ1v) is 8.50. The minimum Gasteiger partial charge on any atom is -0.365 e. The van der Waals surface area contributed by atoms with Gasteiger partial charge >= 0.3 is 0 Å². The van der Waals surface area contributed by atoms with E-state index in [1.807, 2.05) is 11.0 Å². The predicted octanol–water partition coefficient (Wildman–Crippen LogP) is 2.03. The molecule has 0 saturated carbocycles. The molecular formula is C19H23N5O. The highest BCUT2D eigenvalue weighted by Gasteiger charge is 2.23. The average molecular weight is 337 g/mol. The minimum absolute atomic E-state index is 0.0536. The number of rotatable bonds is 6. The maximum Gasteiger partial charge on any atom is 0.274 e. The Labute approximate surface area is 148 Å². The molecule has 0 bridgehead atoms. The molecule has 6 nitrogen and oxygen atoms in total.